The summed E-state index contributed by atoms with van der Waals surface area (Å²) in [5.74, 6) is 0.00410. The maximum atomic E-state index is 13.0. The van der Waals surface area contributed by atoms with Crippen LogP contribution in [0.5, 0.6) is 0 Å². The molecule has 0 spiro atoms. The molecule has 0 saturated carbocycles. The first-order valence-corrected chi connectivity index (χ1v) is 9.89. The Labute approximate surface area is 174 Å². The highest BCUT2D eigenvalue weighted by Gasteiger charge is 2.28. The molecule has 3 N–H and O–H groups in total. The molecule has 0 fully saturated rings. The summed E-state index contributed by atoms with van der Waals surface area (Å²) in [6, 6.07) is 15.0. The number of likely N-dealkylation sites (N-methyl/N-ethyl adjacent to an activating group) is 1. The maximum absolute atomic E-state index is 13.0. The van der Waals surface area contributed by atoms with E-state index in [4.69, 9.17) is 0 Å². The Balaban J connectivity index is 1.93. The molecule has 0 aliphatic rings. The van der Waals surface area contributed by atoms with Crippen LogP contribution in [-0.4, -0.2) is 39.9 Å². The quantitative estimate of drug-likeness (QED) is 0.557. The van der Waals surface area contributed by atoms with E-state index in [0.717, 1.165) is 5.56 Å². The Morgan fingerprint density at radius 2 is 1.77 bits per heavy atom. The van der Waals surface area contributed by atoms with Gasteiger partial charge in [0.1, 0.15) is 11.9 Å². The van der Waals surface area contributed by atoms with E-state index in [1.54, 1.807) is 25.1 Å². The van der Waals surface area contributed by atoms with E-state index in [1.807, 2.05) is 48.2 Å². The lowest BCUT2D eigenvalue weighted by molar-refractivity contribution is -0.125. The van der Waals surface area contributed by atoms with Crippen molar-refractivity contribution in [3.63, 3.8) is 0 Å². The van der Waals surface area contributed by atoms with Crippen LogP contribution in [0.25, 0.3) is 10.9 Å². The van der Waals surface area contributed by atoms with Gasteiger partial charge in [0.2, 0.25) is 5.91 Å². The molecule has 0 saturated heterocycles. The number of urea groups is 1. The number of carbonyl (C=O) groups is 2. The van der Waals surface area contributed by atoms with Gasteiger partial charge in [-0.15, -0.1) is 0 Å². The number of para-hydroxylation sites is 1. The van der Waals surface area contributed by atoms with Crippen molar-refractivity contribution in [2.45, 2.75) is 26.4 Å². The van der Waals surface area contributed by atoms with Crippen LogP contribution in [0.1, 0.15) is 31.3 Å². The smallest absolute Gasteiger partial charge is 0.321 e. The van der Waals surface area contributed by atoms with Gasteiger partial charge in [0.15, 0.2) is 0 Å². The molecule has 1 atom stereocenters. The SMILES string of the molecule is CCNC(=O)NC(=O)C(c1ccccc1)N(CC)Cc1nc2ccccc2c(=O)[nH]1. The number of aromatic amines is 1. The van der Waals surface area contributed by atoms with Crippen LogP contribution in [0.4, 0.5) is 4.79 Å². The summed E-state index contributed by atoms with van der Waals surface area (Å²) in [7, 11) is 0. The third kappa shape index (κ3) is 4.90. The van der Waals surface area contributed by atoms with E-state index >= 15 is 0 Å². The number of fused-ring (bicyclic) bond motifs is 1. The Bertz CT molecular complexity index is 1080. The predicted octanol–water partition coefficient (Wildman–Crippen LogP) is 2.33. The largest absolute Gasteiger partial charge is 0.338 e. The van der Waals surface area contributed by atoms with Crippen molar-refractivity contribution in [2.75, 3.05) is 13.1 Å². The maximum Gasteiger partial charge on any atom is 0.321 e. The Hall–Kier alpha value is -3.52. The molecule has 1 aromatic heterocycles. The Morgan fingerprint density at radius 1 is 1.07 bits per heavy atom. The summed E-state index contributed by atoms with van der Waals surface area (Å²) in [5.41, 5.74) is 1.11. The molecule has 2 aromatic carbocycles. The zero-order valence-electron chi connectivity index (χ0n) is 17.0. The van der Waals surface area contributed by atoms with Crippen molar-refractivity contribution in [3.8, 4) is 0 Å². The van der Waals surface area contributed by atoms with Crippen LogP contribution in [-0.2, 0) is 11.3 Å². The van der Waals surface area contributed by atoms with Crippen molar-refractivity contribution in [3.05, 3.63) is 76.3 Å². The fourth-order valence-corrected chi connectivity index (χ4v) is 3.34. The molecule has 0 bridgehead atoms. The highest BCUT2D eigenvalue weighted by Crippen LogP contribution is 2.22. The van der Waals surface area contributed by atoms with Crippen molar-refractivity contribution >= 4 is 22.8 Å². The minimum absolute atomic E-state index is 0.227. The van der Waals surface area contributed by atoms with Crippen molar-refractivity contribution in [2.24, 2.45) is 0 Å². The molecule has 0 radical (unpaired) electrons. The minimum atomic E-state index is -0.726. The molecule has 30 heavy (non-hydrogen) atoms. The molecule has 0 aliphatic carbocycles. The molecular formula is C22H25N5O3. The van der Waals surface area contributed by atoms with E-state index in [1.165, 1.54) is 0 Å². The topological polar surface area (TPSA) is 107 Å². The van der Waals surface area contributed by atoms with Gasteiger partial charge >= 0.3 is 6.03 Å². The fourth-order valence-electron chi connectivity index (χ4n) is 3.34. The standard InChI is InChI=1S/C22H25N5O3/c1-3-23-22(30)26-21(29)19(15-10-6-5-7-11-15)27(4-2)14-18-24-17-13-9-8-12-16(17)20(28)25-18/h5-13,19H,3-4,14H2,1-2H3,(H,24,25,28)(H2,23,26,29,30). The average Bonchev–Trinajstić information content (AvgIpc) is 2.74. The van der Waals surface area contributed by atoms with Gasteiger partial charge in [-0.25, -0.2) is 9.78 Å². The molecule has 156 valence electrons. The van der Waals surface area contributed by atoms with Crippen LogP contribution in [0.2, 0.25) is 0 Å². The Morgan fingerprint density at radius 3 is 2.47 bits per heavy atom. The lowest BCUT2D eigenvalue weighted by Gasteiger charge is -2.29. The number of H-pyrrole nitrogens is 1. The number of nitrogens with zero attached hydrogens (tertiary/aromatic N) is 2. The predicted molar refractivity (Wildman–Crippen MR) is 115 cm³/mol. The van der Waals surface area contributed by atoms with Gasteiger partial charge in [-0.05, 0) is 31.2 Å². The number of imide groups is 1. The number of hydrogen-bond acceptors (Lipinski definition) is 5. The monoisotopic (exact) mass is 407 g/mol. The minimum Gasteiger partial charge on any atom is -0.338 e. The molecule has 3 rings (SSSR count). The lowest BCUT2D eigenvalue weighted by Crippen LogP contribution is -2.46. The van der Waals surface area contributed by atoms with E-state index in [-0.39, 0.29) is 12.1 Å². The second-order valence-electron chi connectivity index (χ2n) is 6.75. The summed E-state index contributed by atoms with van der Waals surface area (Å²) >= 11 is 0. The first-order valence-electron chi connectivity index (χ1n) is 9.89. The fraction of sp³-hybridized carbons (Fsp3) is 0.273. The number of benzene rings is 2. The van der Waals surface area contributed by atoms with Crippen LogP contribution in [0.3, 0.4) is 0 Å². The first kappa shape index (κ1) is 21.2. The second-order valence-corrected chi connectivity index (χ2v) is 6.75. The number of hydrogen-bond donors (Lipinski definition) is 3. The zero-order valence-corrected chi connectivity index (χ0v) is 17.0. The molecule has 8 nitrogen and oxygen atoms in total. The molecule has 3 aromatic rings. The summed E-state index contributed by atoms with van der Waals surface area (Å²) in [5, 5.41) is 5.48. The van der Waals surface area contributed by atoms with Gasteiger partial charge in [0.25, 0.3) is 5.56 Å². The van der Waals surface area contributed by atoms with Crippen molar-refractivity contribution in [1.29, 1.82) is 0 Å². The van der Waals surface area contributed by atoms with E-state index < -0.39 is 18.0 Å². The first-order chi connectivity index (χ1) is 14.5. The van der Waals surface area contributed by atoms with E-state index in [0.29, 0.717) is 29.8 Å². The third-order valence-electron chi connectivity index (χ3n) is 4.72. The summed E-state index contributed by atoms with van der Waals surface area (Å²) in [6.07, 6.45) is 0. The van der Waals surface area contributed by atoms with Crippen molar-refractivity contribution < 1.29 is 9.59 Å². The number of rotatable bonds is 7. The van der Waals surface area contributed by atoms with Crippen LogP contribution in [0.15, 0.2) is 59.4 Å². The second kappa shape index (κ2) is 9.80. The molecular weight excluding hydrogens is 382 g/mol. The molecule has 1 heterocycles. The van der Waals surface area contributed by atoms with Gasteiger partial charge in [-0.3, -0.25) is 19.8 Å². The van der Waals surface area contributed by atoms with E-state index in [9.17, 15) is 14.4 Å². The van der Waals surface area contributed by atoms with Crippen LogP contribution >= 0.6 is 0 Å². The van der Waals surface area contributed by atoms with E-state index in [2.05, 4.69) is 20.6 Å². The van der Waals surface area contributed by atoms with Gasteiger partial charge < -0.3 is 10.3 Å². The Kier molecular flexibility index (Phi) is 6.92. The molecule has 1 unspecified atom stereocenters. The zero-order chi connectivity index (χ0) is 21.5. The summed E-state index contributed by atoms with van der Waals surface area (Å²) in [4.78, 5) is 46.5. The van der Waals surface area contributed by atoms with Gasteiger partial charge in [-0.2, -0.15) is 0 Å². The highest BCUT2D eigenvalue weighted by atomic mass is 16.2. The number of carbonyl (C=O) groups excluding carboxylic acids is 2. The van der Waals surface area contributed by atoms with Gasteiger partial charge in [0, 0.05) is 6.54 Å². The highest BCUT2D eigenvalue weighted by molar-refractivity contribution is 5.97. The molecule has 3 amide bonds. The van der Waals surface area contributed by atoms with Gasteiger partial charge in [-0.1, -0.05) is 49.4 Å². The number of amides is 3. The average molecular weight is 407 g/mol. The summed E-state index contributed by atoms with van der Waals surface area (Å²) in [6.45, 7) is 4.83. The summed E-state index contributed by atoms with van der Waals surface area (Å²) < 4.78 is 0. The number of nitrogens with one attached hydrogen (secondary N) is 3. The van der Waals surface area contributed by atoms with Crippen LogP contribution in [0, 0.1) is 0 Å². The van der Waals surface area contributed by atoms with Crippen molar-refractivity contribution in [1.82, 2.24) is 25.5 Å². The van der Waals surface area contributed by atoms with Crippen LogP contribution < -0.4 is 16.2 Å². The normalized spacial score (nSPS) is 12.0. The molecule has 0 aliphatic heterocycles. The number of aromatic nitrogens is 2. The lowest BCUT2D eigenvalue weighted by atomic mass is 10.0. The van der Waals surface area contributed by atoms with Gasteiger partial charge in [0.05, 0.1) is 17.4 Å². The third-order valence-corrected chi connectivity index (χ3v) is 4.72. The molecule has 8 heteroatoms.